The molecule has 3 unspecified atom stereocenters. The molecular formula is C13H24N2O3. The summed E-state index contributed by atoms with van der Waals surface area (Å²) in [6, 6.07) is -0.643. The summed E-state index contributed by atoms with van der Waals surface area (Å²) in [5, 5.41) is 2.66. The SMILES string of the molecule is CCOC(=O)C(C)NC(=O)C1(N)CCCC(C)C1. The summed E-state index contributed by atoms with van der Waals surface area (Å²) in [5.41, 5.74) is 5.32. The van der Waals surface area contributed by atoms with Crippen molar-refractivity contribution in [1.29, 1.82) is 0 Å². The summed E-state index contributed by atoms with van der Waals surface area (Å²) >= 11 is 0. The fraction of sp³-hybridized carbons (Fsp3) is 0.846. The number of ether oxygens (including phenoxy) is 1. The topological polar surface area (TPSA) is 81.4 Å². The number of hydrogen-bond donors (Lipinski definition) is 2. The van der Waals surface area contributed by atoms with Gasteiger partial charge in [-0.1, -0.05) is 19.8 Å². The van der Waals surface area contributed by atoms with Crippen LogP contribution in [-0.2, 0) is 14.3 Å². The molecular weight excluding hydrogens is 232 g/mol. The Balaban J connectivity index is 2.56. The molecule has 104 valence electrons. The number of amides is 1. The molecule has 1 aliphatic rings. The first-order chi connectivity index (χ1) is 8.39. The molecule has 18 heavy (non-hydrogen) atoms. The van der Waals surface area contributed by atoms with E-state index < -0.39 is 17.6 Å². The van der Waals surface area contributed by atoms with Crippen LogP contribution in [0.15, 0.2) is 0 Å². The molecule has 1 saturated carbocycles. The van der Waals surface area contributed by atoms with E-state index in [1.165, 1.54) is 0 Å². The lowest BCUT2D eigenvalue weighted by Crippen LogP contribution is -2.58. The highest BCUT2D eigenvalue weighted by molar-refractivity contribution is 5.90. The van der Waals surface area contributed by atoms with Gasteiger partial charge in [0.2, 0.25) is 5.91 Å². The Labute approximate surface area is 108 Å². The van der Waals surface area contributed by atoms with Gasteiger partial charge in [-0.25, -0.2) is 4.79 Å². The highest BCUT2D eigenvalue weighted by Crippen LogP contribution is 2.30. The van der Waals surface area contributed by atoms with E-state index in [9.17, 15) is 9.59 Å². The molecule has 0 saturated heterocycles. The third-order valence-electron chi connectivity index (χ3n) is 3.47. The van der Waals surface area contributed by atoms with Crippen LogP contribution in [0.25, 0.3) is 0 Å². The molecule has 1 aliphatic carbocycles. The lowest BCUT2D eigenvalue weighted by molar-refractivity contribution is -0.147. The lowest BCUT2D eigenvalue weighted by atomic mass is 9.76. The van der Waals surface area contributed by atoms with E-state index in [4.69, 9.17) is 10.5 Å². The van der Waals surface area contributed by atoms with Gasteiger partial charge in [-0.15, -0.1) is 0 Å². The largest absolute Gasteiger partial charge is 0.464 e. The first kappa shape index (κ1) is 15.0. The second-order valence-electron chi connectivity index (χ2n) is 5.30. The molecule has 1 amide bonds. The number of nitrogens with one attached hydrogen (secondary N) is 1. The molecule has 5 nitrogen and oxygen atoms in total. The van der Waals surface area contributed by atoms with Crippen LogP contribution in [0.5, 0.6) is 0 Å². The number of carbonyl (C=O) groups excluding carboxylic acids is 2. The van der Waals surface area contributed by atoms with Crippen LogP contribution in [0.4, 0.5) is 0 Å². The van der Waals surface area contributed by atoms with Gasteiger partial charge in [-0.05, 0) is 32.6 Å². The van der Waals surface area contributed by atoms with Crippen LogP contribution in [0.2, 0.25) is 0 Å². The predicted molar refractivity (Wildman–Crippen MR) is 68.8 cm³/mol. The fourth-order valence-corrected chi connectivity index (χ4v) is 2.46. The number of rotatable bonds is 4. The van der Waals surface area contributed by atoms with Gasteiger partial charge in [0.05, 0.1) is 12.1 Å². The average molecular weight is 256 g/mol. The Hall–Kier alpha value is -1.10. The maximum Gasteiger partial charge on any atom is 0.328 e. The van der Waals surface area contributed by atoms with Crippen LogP contribution in [-0.4, -0.2) is 30.1 Å². The average Bonchev–Trinajstić information content (AvgIpc) is 2.28. The lowest BCUT2D eigenvalue weighted by Gasteiger charge is -2.35. The molecule has 0 heterocycles. The summed E-state index contributed by atoms with van der Waals surface area (Å²) in [5.74, 6) is -0.208. The highest BCUT2D eigenvalue weighted by atomic mass is 16.5. The van der Waals surface area contributed by atoms with E-state index in [1.807, 2.05) is 0 Å². The Morgan fingerprint density at radius 1 is 1.56 bits per heavy atom. The van der Waals surface area contributed by atoms with Crippen LogP contribution < -0.4 is 11.1 Å². The minimum Gasteiger partial charge on any atom is -0.464 e. The zero-order valence-electron chi connectivity index (χ0n) is 11.5. The zero-order chi connectivity index (χ0) is 13.8. The van der Waals surface area contributed by atoms with Crippen LogP contribution in [0.1, 0.15) is 46.5 Å². The van der Waals surface area contributed by atoms with E-state index in [0.29, 0.717) is 25.4 Å². The minimum atomic E-state index is -0.835. The van der Waals surface area contributed by atoms with Gasteiger partial charge in [0, 0.05) is 0 Å². The van der Waals surface area contributed by atoms with Crippen molar-refractivity contribution in [2.75, 3.05) is 6.61 Å². The van der Waals surface area contributed by atoms with Gasteiger partial charge in [0.25, 0.3) is 0 Å². The van der Waals surface area contributed by atoms with E-state index in [0.717, 1.165) is 12.8 Å². The predicted octanol–water partition coefficient (Wildman–Crippen LogP) is 0.962. The molecule has 0 aromatic rings. The van der Waals surface area contributed by atoms with E-state index >= 15 is 0 Å². The van der Waals surface area contributed by atoms with E-state index in [2.05, 4.69) is 12.2 Å². The van der Waals surface area contributed by atoms with Crippen LogP contribution in [0, 0.1) is 5.92 Å². The fourth-order valence-electron chi connectivity index (χ4n) is 2.46. The smallest absolute Gasteiger partial charge is 0.328 e. The molecule has 0 aromatic carbocycles. The minimum absolute atomic E-state index is 0.241. The van der Waals surface area contributed by atoms with Crippen molar-refractivity contribution in [2.45, 2.75) is 58.0 Å². The molecule has 5 heteroatoms. The van der Waals surface area contributed by atoms with Crippen LogP contribution in [0.3, 0.4) is 0 Å². The zero-order valence-corrected chi connectivity index (χ0v) is 11.5. The molecule has 0 aliphatic heterocycles. The third-order valence-corrected chi connectivity index (χ3v) is 3.47. The van der Waals surface area contributed by atoms with Gasteiger partial charge < -0.3 is 15.8 Å². The van der Waals surface area contributed by atoms with Crippen molar-refractivity contribution in [3.8, 4) is 0 Å². The molecule has 1 rings (SSSR count). The van der Waals surface area contributed by atoms with Crippen molar-refractivity contribution >= 4 is 11.9 Å². The maximum absolute atomic E-state index is 12.1. The van der Waals surface area contributed by atoms with Gasteiger partial charge in [-0.2, -0.15) is 0 Å². The van der Waals surface area contributed by atoms with Crippen molar-refractivity contribution in [3.63, 3.8) is 0 Å². The van der Waals surface area contributed by atoms with Gasteiger partial charge in [0.15, 0.2) is 0 Å². The summed E-state index contributed by atoms with van der Waals surface area (Å²) in [6.07, 6.45) is 3.42. The molecule has 1 fully saturated rings. The number of carbonyl (C=O) groups is 2. The Morgan fingerprint density at radius 3 is 2.78 bits per heavy atom. The second-order valence-corrected chi connectivity index (χ2v) is 5.30. The first-order valence-corrected chi connectivity index (χ1v) is 6.65. The van der Waals surface area contributed by atoms with E-state index in [1.54, 1.807) is 13.8 Å². The summed E-state index contributed by atoms with van der Waals surface area (Å²) < 4.78 is 4.85. The maximum atomic E-state index is 12.1. The normalized spacial score (nSPS) is 29.4. The van der Waals surface area contributed by atoms with Crippen molar-refractivity contribution < 1.29 is 14.3 Å². The first-order valence-electron chi connectivity index (χ1n) is 6.65. The number of esters is 1. The monoisotopic (exact) mass is 256 g/mol. The summed E-state index contributed by atoms with van der Waals surface area (Å²) in [4.78, 5) is 23.6. The molecule has 3 atom stereocenters. The molecule has 0 radical (unpaired) electrons. The van der Waals surface area contributed by atoms with Crippen molar-refractivity contribution in [2.24, 2.45) is 11.7 Å². The highest BCUT2D eigenvalue weighted by Gasteiger charge is 2.39. The summed E-state index contributed by atoms with van der Waals surface area (Å²) in [6.45, 7) is 5.76. The molecule has 0 aromatic heterocycles. The molecule has 0 bridgehead atoms. The van der Waals surface area contributed by atoms with Crippen LogP contribution >= 0.6 is 0 Å². The Bertz CT molecular complexity index is 319. The Morgan fingerprint density at radius 2 is 2.22 bits per heavy atom. The standard InChI is InChI=1S/C13H24N2O3/c1-4-18-11(16)10(3)15-12(17)13(14)7-5-6-9(2)8-13/h9-10H,4-8,14H2,1-3H3,(H,15,17). The summed E-state index contributed by atoms with van der Waals surface area (Å²) in [7, 11) is 0. The molecule has 0 spiro atoms. The second kappa shape index (κ2) is 6.18. The quantitative estimate of drug-likeness (QED) is 0.734. The van der Waals surface area contributed by atoms with Crippen molar-refractivity contribution in [1.82, 2.24) is 5.32 Å². The third kappa shape index (κ3) is 3.70. The van der Waals surface area contributed by atoms with Gasteiger partial charge in [-0.3, -0.25) is 4.79 Å². The van der Waals surface area contributed by atoms with Crippen molar-refractivity contribution in [3.05, 3.63) is 0 Å². The molecule has 3 N–H and O–H groups in total. The Kier molecular flexibility index (Phi) is 5.14. The number of hydrogen-bond acceptors (Lipinski definition) is 4. The van der Waals surface area contributed by atoms with Gasteiger partial charge in [0.1, 0.15) is 6.04 Å². The number of nitrogens with two attached hydrogens (primary N) is 1. The van der Waals surface area contributed by atoms with E-state index in [-0.39, 0.29) is 5.91 Å². The van der Waals surface area contributed by atoms with Gasteiger partial charge >= 0.3 is 5.97 Å².